The lowest BCUT2D eigenvalue weighted by Gasteiger charge is -2.10. The van der Waals surface area contributed by atoms with Gasteiger partial charge in [0, 0.05) is 36.7 Å². The van der Waals surface area contributed by atoms with E-state index in [2.05, 4.69) is 20.6 Å². The van der Waals surface area contributed by atoms with Crippen LogP contribution in [-0.4, -0.2) is 36.1 Å². The summed E-state index contributed by atoms with van der Waals surface area (Å²) in [7, 11) is 1.66. The molecule has 1 amide bonds. The number of anilines is 2. The first-order valence-corrected chi connectivity index (χ1v) is 8.03. The van der Waals surface area contributed by atoms with E-state index in [9.17, 15) is 4.79 Å². The van der Waals surface area contributed by atoms with Crippen molar-refractivity contribution in [1.29, 1.82) is 0 Å². The highest BCUT2D eigenvalue weighted by atomic mass is 35.5. The number of hydrogen-bond donors (Lipinski definition) is 2. The van der Waals surface area contributed by atoms with Crippen molar-refractivity contribution in [3.8, 4) is 0 Å². The van der Waals surface area contributed by atoms with Crippen LogP contribution in [0.3, 0.4) is 0 Å². The fourth-order valence-corrected chi connectivity index (χ4v) is 2.36. The van der Waals surface area contributed by atoms with E-state index < -0.39 is 0 Å². The van der Waals surface area contributed by atoms with Gasteiger partial charge in [0.05, 0.1) is 0 Å². The van der Waals surface area contributed by atoms with Crippen molar-refractivity contribution in [3.05, 3.63) is 46.2 Å². The molecule has 128 valence electrons. The van der Waals surface area contributed by atoms with E-state index in [0.717, 1.165) is 17.7 Å². The summed E-state index contributed by atoms with van der Waals surface area (Å²) in [4.78, 5) is 21.0. The normalized spacial score (nSPS) is 10.5. The fourth-order valence-electron chi connectivity index (χ4n) is 2.13. The molecular formula is C17H21ClN4O2. The molecule has 0 radical (unpaired) electrons. The van der Waals surface area contributed by atoms with E-state index in [4.69, 9.17) is 16.3 Å². The van der Waals surface area contributed by atoms with Crippen molar-refractivity contribution in [2.75, 3.05) is 30.9 Å². The number of carbonyl (C=O) groups excluding carboxylic acids is 1. The van der Waals surface area contributed by atoms with Crippen LogP contribution in [0.15, 0.2) is 24.3 Å². The summed E-state index contributed by atoms with van der Waals surface area (Å²) < 4.78 is 5.00. The highest BCUT2D eigenvalue weighted by molar-refractivity contribution is 6.30. The van der Waals surface area contributed by atoms with Crippen molar-refractivity contribution in [1.82, 2.24) is 9.97 Å². The van der Waals surface area contributed by atoms with Gasteiger partial charge < -0.3 is 15.4 Å². The Morgan fingerprint density at radius 1 is 1.25 bits per heavy atom. The Balaban J connectivity index is 2.09. The molecule has 0 aliphatic heterocycles. The van der Waals surface area contributed by atoms with Crippen molar-refractivity contribution in [3.63, 3.8) is 0 Å². The number of halogens is 1. The quantitative estimate of drug-likeness (QED) is 0.749. The number of hydrogen-bond acceptors (Lipinski definition) is 5. The third kappa shape index (κ3) is 5.18. The molecule has 0 saturated carbocycles. The lowest BCUT2D eigenvalue weighted by molar-refractivity contribution is 0.102. The maximum Gasteiger partial charge on any atom is 0.274 e. The van der Waals surface area contributed by atoms with Crippen LogP contribution in [0.4, 0.5) is 11.6 Å². The maximum absolute atomic E-state index is 12.4. The number of ether oxygens (including phenoxy) is 1. The zero-order chi connectivity index (χ0) is 17.5. The van der Waals surface area contributed by atoms with Gasteiger partial charge in [0.15, 0.2) is 0 Å². The molecule has 0 spiro atoms. The molecule has 1 aromatic heterocycles. The van der Waals surface area contributed by atoms with Gasteiger partial charge in [-0.1, -0.05) is 11.6 Å². The number of amides is 1. The Kier molecular flexibility index (Phi) is 6.52. The number of carbonyl (C=O) groups is 1. The molecule has 0 aliphatic carbocycles. The minimum Gasteiger partial charge on any atom is -0.385 e. The zero-order valence-corrected chi connectivity index (χ0v) is 14.8. The molecule has 2 N–H and O–H groups in total. The molecule has 0 aliphatic rings. The first kappa shape index (κ1) is 18.2. The predicted molar refractivity (Wildman–Crippen MR) is 95.9 cm³/mol. The van der Waals surface area contributed by atoms with E-state index in [1.165, 1.54) is 0 Å². The first-order chi connectivity index (χ1) is 11.5. The maximum atomic E-state index is 12.4. The van der Waals surface area contributed by atoms with Crippen LogP contribution < -0.4 is 10.6 Å². The molecule has 1 aromatic carbocycles. The first-order valence-electron chi connectivity index (χ1n) is 7.65. The van der Waals surface area contributed by atoms with Gasteiger partial charge in [-0.2, -0.15) is 0 Å². The molecule has 0 saturated heterocycles. The molecule has 24 heavy (non-hydrogen) atoms. The van der Waals surface area contributed by atoms with Crippen LogP contribution in [0.25, 0.3) is 0 Å². The summed E-state index contributed by atoms with van der Waals surface area (Å²) in [5, 5.41) is 6.58. The smallest absolute Gasteiger partial charge is 0.274 e. The monoisotopic (exact) mass is 348 g/mol. The molecule has 6 nitrogen and oxygen atoms in total. The lowest BCUT2D eigenvalue weighted by Crippen LogP contribution is -2.17. The van der Waals surface area contributed by atoms with Crippen molar-refractivity contribution >= 4 is 29.1 Å². The van der Waals surface area contributed by atoms with E-state index in [0.29, 0.717) is 35.5 Å². The van der Waals surface area contributed by atoms with Crippen LogP contribution in [0.5, 0.6) is 0 Å². The average Bonchev–Trinajstić information content (AvgIpc) is 2.53. The molecule has 0 bridgehead atoms. The molecule has 0 atom stereocenters. The van der Waals surface area contributed by atoms with Crippen LogP contribution in [0, 0.1) is 13.8 Å². The molecule has 0 fully saturated rings. The zero-order valence-electron chi connectivity index (χ0n) is 14.0. The molecule has 0 unspecified atom stereocenters. The Bertz CT molecular complexity index is 722. The fraction of sp³-hybridized carbons (Fsp3) is 0.353. The van der Waals surface area contributed by atoms with Crippen molar-refractivity contribution in [2.45, 2.75) is 20.3 Å². The Hall–Kier alpha value is -2.18. The third-order valence-electron chi connectivity index (χ3n) is 3.33. The minimum atomic E-state index is -0.286. The Morgan fingerprint density at radius 2 is 2.04 bits per heavy atom. The summed E-state index contributed by atoms with van der Waals surface area (Å²) in [6.07, 6.45) is 0.833. The summed E-state index contributed by atoms with van der Waals surface area (Å²) in [6.45, 7) is 5.04. The van der Waals surface area contributed by atoms with E-state index in [-0.39, 0.29) is 5.91 Å². The number of aromatic nitrogens is 2. The van der Waals surface area contributed by atoms with E-state index in [1.54, 1.807) is 31.4 Å². The number of nitrogens with one attached hydrogen (secondary N) is 2. The van der Waals surface area contributed by atoms with Crippen LogP contribution in [0.1, 0.15) is 28.2 Å². The largest absolute Gasteiger partial charge is 0.385 e. The second-order valence-electron chi connectivity index (χ2n) is 5.40. The number of benzene rings is 1. The summed E-state index contributed by atoms with van der Waals surface area (Å²) in [6, 6.07) is 6.96. The topological polar surface area (TPSA) is 76.1 Å². The molecular weight excluding hydrogens is 328 g/mol. The van der Waals surface area contributed by atoms with Gasteiger partial charge in [0.1, 0.15) is 5.69 Å². The van der Waals surface area contributed by atoms with Crippen LogP contribution in [-0.2, 0) is 4.74 Å². The summed E-state index contributed by atoms with van der Waals surface area (Å²) in [5.74, 6) is 0.148. The number of nitrogens with zero attached hydrogens (tertiary/aromatic N) is 2. The van der Waals surface area contributed by atoms with Gasteiger partial charge in [-0.25, -0.2) is 9.97 Å². The summed E-state index contributed by atoms with van der Waals surface area (Å²) in [5.41, 5.74) is 2.62. The van der Waals surface area contributed by atoms with Crippen LogP contribution >= 0.6 is 11.6 Å². The van der Waals surface area contributed by atoms with Gasteiger partial charge in [-0.05, 0) is 50.1 Å². The lowest BCUT2D eigenvalue weighted by atomic mass is 10.2. The molecule has 7 heteroatoms. The van der Waals surface area contributed by atoms with Crippen LogP contribution in [0.2, 0.25) is 5.02 Å². The Morgan fingerprint density at radius 3 is 2.75 bits per heavy atom. The van der Waals surface area contributed by atoms with E-state index in [1.807, 2.05) is 13.8 Å². The summed E-state index contributed by atoms with van der Waals surface area (Å²) >= 11 is 5.93. The van der Waals surface area contributed by atoms with Crippen molar-refractivity contribution < 1.29 is 9.53 Å². The van der Waals surface area contributed by atoms with Gasteiger partial charge in [-0.15, -0.1) is 0 Å². The van der Waals surface area contributed by atoms with Gasteiger partial charge >= 0.3 is 0 Å². The highest BCUT2D eigenvalue weighted by Gasteiger charge is 2.12. The highest BCUT2D eigenvalue weighted by Crippen LogP contribution is 2.20. The SMILES string of the molecule is COCCCNc1nc(C)cc(C(=O)Nc2ccc(Cl)cc2C)n1. The number of rotatable bonds is 7. The average molecular weight is 349 g/mol. The number of aryl methyl sites for hydroxylation is 2. The molecule has 2 aromatic rings. The second kappa shape index (κ2) is 8.61. The predicted octanol–water partition coefficient (Wildman–Crippen LogP) is 3.45. The standard InChI is InChI=1S/C17H21ClN4O2/c1-11-9-13(18)5-6-14(11)21-16(23)15-10-12(2)20-17(22-15)19-7-4-8-24-3/h5-6,9-10H,4,7-8H2,1-3H3,(H,21,23)(H,19,20,22). The number of methoxy groups -OCH3 is 1. The second-order valence-corrected chi connectivity index (χ2v) is 5.84. The molecule has 1 heterocycles. The van der Waals surface area contributed by atoms with Gasteiger partial charge in [0.25, 0.3) is 5.91 Å². The Labute approximate surface area is 146 Å². The minimum absolute atomic E-state index is 0.286. The molecule has 2 rings (SSSR count). The van der Waals surface area contributed by atoms with E-state index >= 15 is 0 Å². The van der Waals surface area contributed by atoms with Gasteiger partial charge in [-0.3, -0.25) is 4.79 Å². The van der Waals surface area contributed by atoms with Crippen molar-refractivity contribution in [2.24, 2.45) is 0 Å². The van der Waals surface area contributed by atoms with Gasteiger partial charge in [0.2, 0.25) is 5.95 Å². The third-order valence-corrected chi connectivity index (χ3v) is 3.57.